The summed E-state index contributed by atoms with van der Waals surface area (Å²) in [5, 5.41) is 10.8. The van der Waals surface area contributed by atoms with Crippen LogP contribution < -0.4 is 15.4 Å². The Morgan fingerprint density at radius 3 is 2.78 bits per heavy atom. The van der Waals surface area contributed by atoms with E-state index in [1.54, 1.807) is 32.2 Å². The van der Waals surface area contributed by atoms with Gasteiger partial charge in [-0.1, -0.05) is 0 Å². The number of hydrogen-bond acceptors (Lipinski definition) is 6. The molecule has 4 rings (SSSR count). The smallest absolute Gasteiger partial charge is 0.421 e. The molecule has 0 bridgehead atoms. The van der Waals surface area contributed by atoms with Gasteiger partial charge in [-0.2, -0.15) is 23.3 Å². The molecule has 7 nitrogen and oxygen atoms in total. The van der Waals surface area contributed by atoms with Crippen molar-refractivity contribution in [1.82, 2.24) is 19.7 Å². The maximum Gasteiger partial charge on any atom is 0.421 e. The monoisotopic (exact) mass is 378 g/mol. The van der Waals surface area contributed by atoms with E-state index < -0.39 is 11.7 Å². The van der Waals surface area contributed by atoms with Crippen LogP contribution in [-0.4, -0.2) is 32.4 Å². The van der Waals surface area contributed by atoms with Crippen LogP contribution in [0.5, 0.6) is 5.75 Å². The van der Waals surface area contributed by atoms with Crippen LogP contribution in [0.3, 0.4) is 0 Å². The quantitative estimate of drug-likeness (QED) is 0.719. The van der Waals surface area contributed by atoms with Gasteiger partial charge in [0.25, 0.3) is 0 Å². The summed E-state index contributed by atoms with van der Waals surface area (Å²) in [5.74, 6) is 0.517. The van der Waals surface area contributed by atoms with E-state index in [1.807, 2.05) is 4.68 Å². The second-order valence-electron chi connectivity index (χ2n) is 6.47. The Bertz CT molecular complexity index is 998. The van der Waals surface area contributed by atoms with E-state index in [0.29, 0.717) is 18.8 Å². The third-order valence-electron chi connectivity index (χ3n) is 4.09. The van der Waals surface area contributed by atoms with Crippen molar-refractivity contribution in [3.05, 3.63) is 30.1 Å². The van der Waals surface area contributed by atoms with Crippen LogP contribution >= 0.6 is 0 Å². The maximum absolute atomic E-state index is 13.2. The van der Waals surface area contributed by atoms with Gasteiger partial charge in [-0.25, -0.2) is 4.98 Å². The van der Waals surface area contributed by atoms with Crippen molar-refractivity contribution in [2.24, 2.45) is 0 Å². The molecule has 0 unspecified atom stereocenters. The summed E-state index contributed by atoms with van der Waals surface area (Å²) < 4.78 is 47.0. The second kappa shape index (κ2) is 6.29. The molecule has 0 radical (unpaired) electrons. The number of alkyl halides is 3. The molecule has 1 aliphatic rings. The van der Waals surface area contributed by atoms with Crippen LogP contribution in [0, 0.1) is 0 Å². The van der Waals surface area contributed by atoms with Gasteiger partial charge in [-0.3, -0.25) is 4.68 Å². The zero-order chi connectivity index (χ0) is 19.2. The Kier molecular flexibility index (Phi) is 4.05. The molecule has 0 saturated carbocycles. The number of rotatable bonds is 4. The summed E-state index contributed by atoms with van der Waals surface area (Å²) in [7, 11) is 0. The molecule has 27 heavy (non-hydrogen) atoms. The molecule has 0 aliphatic carbocycles. The van der Waals surface area contributed by atoms with Crippen LogP contribution in [-0.2, 0) is 12.7 Å². The number of aromatic nitrogens is 4. The fraction of sp³-hybridized carbons (Fsp3) is 0.353. The molecular formula is C17H17F3N6O. The lowest BCUT2D eigenvalue weighted by atomic mass is 10.2. The summed E-state index contributed by atoms with van der Waals surface area (Å²) in [5.41, 5.74) is 0.567. The number of halogens is 3. The normalized spacial score (nSPS) is 13.7. The molecule has 10 heteroatoms. The summed E-state index contributed by atoms with van der Waals surface area (Å²) in [6, 6.07) is 3.35. The average molecular weight is 378 g/mol. The molecular weight excluding hydrogens is 361 g/mol. The third-order valence-corrected chi connectivity index (χ3v) is 4.09. The molecule has 0 spiro atoms. The van der Waals surface area contributed by atoms with E-state index in [1.165, 1.54) is 0 Å². The lowest BCUT2D eigenvalue weighted by molar-refractivity contribution is -0.137. The van der Waals surface area contributed by atoms with Gasteiger partial charge in [0.15, 0.2) is 0 Å². The van der Waals surface area contributed by atoms with Gasteiger partial charge >= 0.3 is 6.18 Å². The first kappa shape index (κ1) is 17.4. The van der Waals surface area contributed by atoms with Crippen molar-refractivity contribution >= 4 is 28.4 Å². The minimum Gasteiger partial charge on any atom is -0.489 e. The zero-order valence-electron chi connectivity index (χ0n) is 14.6. The molecule has 0 atom stereocenters. The fourth-order valence-corrected chi connectivity index (χ4v) is 2.96. The van der Waals surface area contributed by atoms with Crippen LogP contribution in [0.2, 0.25) is 0 Å². The number of benzene rings is 1. The Morgan fingerprint density at radius 1 is 1.22 bits per heavy atom. The summed E-state index contributed by atoms with van der Waals surface area (Å²) in [4.78, 5) is 7.87. The van der Waals surface area contributed by atoms with Crippen LogP contribution in [0.4, 0.5) is 30.6 Å². The minimum atomic E-state index is -4.54. The van der Waals surface area contributed by atoms with E-state index in [2.05, 4.69) is 25.7 Å². The first-order valence-corrected chi connectivity index (χ1v) is 8.42. The highest BCUT2D eigenvalue weighted by Gasteiger charge is 2.35. The Labute approximate surface area is 152 Å². The topological polar surface area (TPSA) is 76.9 Å². The largest absolute Gasteiger partial charge is 0.489 e. The van der Waals surface area contributed by atoms with E-state index in [-0.39, 0.29) is 17.8 Å². The number of nitrogens with zero attached hydrogens (tertiary/aromatic N) is 4. The van der Waals surface area contributed by atoms with Gasteiger partial charge in [-0.05, 0) is 26.0 Å². The highest BCUT2D eigenvalue weighted by molar-refractivity contribution is 5.96. The molecule has 1 aromatic carbocycles. The van der Waals surface area contributed by atoms with Gasteiger partial charge in [0.1, 0.15) is 29.3 Å². The molecule has 1 aliphatic heterocycles. The predicted molar refractivity (Wildman–Crippen MR) is 94.3 cm³/mol. The molecule has 0 amide bonds. The molecule has 2 N–H and O–H groups in total. The van der Waals surface area contributed by atoms with Gasteiger partial charge in [0.2, 0.25) is 5.95 Å². The number of ether oxygens (including phenoxy) is 1. The standard InChI is InChI=1S/C17H17F3N6O/c1-9(2)23-15-11(17(18,19)20)8-21-16(25-15)24-12-3-4-13-14-10(12)7-22-26(14)5-6-27-13/h3-4,7-9H,5-6H2,1-2H3,(H2,21,23,24,25). The van der Waals surface area contributed by atoms with Crippen molar-refractivity contribution in [1.29, 1.82) is 0 Å². The number of nitrogens with one attached hydrogen (secondary N) is 2. The molecule has 0 fully saturated rings. The Hall–Kier alpha value is -3.04. The first-order valence-electron chi connectivity index (χ1n) is 8.42. The first-order chi connectivity index (χ1) is 12.8. The molecule has 0 saturated heterocycles. The van der Waals surface area contributed by atoms with Crippen molar-refractivity contribution in [2.75, 3.05) is 17.2 Å². The lowest BCUT2D eigenvalue weighted by Gasteiger charge is -2.18. The van der Waals surface area contributed by atoms with Gasteiger partial charge in [-0.15, -0.1) is 0 Å². The van der Waals surface area contributed by atoms with Crippen molar-refractivity contribution in [3.8, 4) is 5.75 Å². The van der Waals surface area contributed by atoms with Crippen LogP contribution in [0.1, 0.15) is 19.4 Å². The number of hydrogen-bond donors (Lipinski definition) is 2. The van der Waals surface area contributed by atoms with Gasteiger partial charge in [0, 0.05) is 17.6 Å². The number of anilines is 3. The summed E-state index contributed by atoms with van der Waals surface area (Å²) in [6.07, 6.45) is -2.07. The van der Waals surface area contributed by atoms with Gasteiger partial charge in [0.05, 0.1) is 18.4 Å². The molecule has 2 aromatic heterocycles. The van der Waals surface area contributed by atoms with E-state index >= 15 is 0 Å². The maximum atomic E-state index is 13.2. The second-order valence-corrected chi connectivity index (χ2v) is 6.47. The van der Waals surface area contributed by atoms with Crippen molar-refractivity contribution in [3.63, 3.8) is 0 Å². The van der Waals surface area contributed by atoms with E-state index in [9.17, 15) is 13.2 Å². The molecule has 142 valence electrons. The van der Waals surface area contributed by atoms with E-state index in [4.69, 9.17) is 4.74 Å². The van der Waals surface area contributed by atoms with Gasteiger partial charge < -0.3 is 15.4 Å². The predicted octanol–water partition coefficient (Wildman–Crippen LogP) is 3.80. The summed E-state index contributed by atoms with van der Waals surface area (Å²) >= 11 is 0. The van der Waals surface area contributed by atoms with E-state index in [0.717, 1.165) is 22.8 Å². The average Bonchev–Trinajstić information content (AvgIpc) is 3.02. The van der Waals surface area contributed by atoms with Crippen molar-refractivity contribution < 1.29 is 17.9 Å². The zero-order valence-corrected chi connectivity index (χ0v) is 14.6. The minimum absolute atomic E-state index is 0.0610. The highest BCUT2D eigenvalue weighted by atomic mass is 19.4. The Balaban J connectivity index is 1.72. The SMILES string of the molecule is CC(C)Nc1nc(Nc2ccc3c4c2cnn4CCO3)ncc1C(F)(F)F. The van der Waals surface area contributed by atoms with Crippen LogP contribution in [0.15, 0.2) is 24.5 Å². The molecule has 3 heterocycles. The third kappa shape index (κ3) is 3.22. The highest BCUT2D eigenvalue weighted by Crippen LogP contribution is 2.36. The fourth-order valence-electron chi connectivity index (χ4n) is 2.96. The lowest BCUT2D eigenvalue weighted by Crippen LogP contribution is -2.18. The van der Waals surface area contributed by atoms with Crippen LogP contribution in [0.25, 0.3) is 10.9 Å². The summed E-state index contributed by atoms with van der Waals surface area (Å²) in [6.45, 7) is 4.66. The van der Waals surface area contributed by atoms with Crippen molar-refractivity contribution in [2.45, 2.75) is 32.6 Å². The Morgan fingerprint density at radius 2 is 2.04 bits per heavy atom. The molecule has 3 aromatic rings.